The molecule has 0 amide bonds. The standard InChI is InChI=1S/C12H17FN2/c13-10-4-2-9(3-5-10)12(6-1-7-12)11(15)8-14/h2-5,11H,1,6-8,14-15H2. The Balaban J connectivity index is 2.30. The summed E-state index contributed by atoms with van der Waals surface area (Å²) < 4.78 is 12.8. The van der Waals surface area contributed by atoms with E-state index in [2.05, 4.69) is 0 Å². The van der Waals surface area contributed by atoms with Crippen LogP contribution in [-0.4, -0.2) is 12.6 Å². The number of rotatable bonds is 3. The summed E-state index contributed by atoms with van der Waals surface area (Å²) in [4.78, 5) is 0. The molecule has 0 aliphatic heterocycles. The van der Waals surface area contributed by atoms with Crippen molar-refractivity contribution in [2.75, 3.05) is 6.54 Å². The van der Waals surface area contributed by atoms with Crippen LogP contribution >= 0.6 is 0 Å². The predicted molar refractivity (Wildman–Crippen MR) is 59.0 cm³/mol. The molecule has 4 N–H and O–H groups in total. The van der Waals surface area contributed by atoms with Gasteiger partial charge in [0.15, 0.2) is 0 Å². The molecule has 1 aliphatic carbocycles. The van der Waals surface area contributed by atoms with Crippen LogP contribution in [0.3, 0.4) is 0 Å². The molecule has 15 heavy (non-hydrogen) atoms. The molecule has 1 fully saturated rings. The van der Waals surface area contributed by atoms with Crippen molar-refractivity contribution in [3.63, 3.8) is 0 Å². The van der Waals surface area contributed by atoms with Gasteiger partial charge >= 0.3 is 0 Å². The first-order valence-corrected chi connectivity index (χ1v) is 5.41. The Bertz CT molecular complexity index is 330. The molecule has 82 valence electrons. The highest BCUT2D eigenvalue weighted by molar-refractivity contribution is 5.31. The Kier molecular flexibility index (Phi) is 2.76. The van der Waals surface area contributed by atoms with Crippen molar-refractivity contribution >= 4 is 0 Å². The van der Waals surface area contributed by atoms with Gasteiger partial charge in [0, 0.05) is 18.0 Å². The average molecular weight is 208 g/mol. The molecule has 2 nitrogen and oxygen atoms in total. The van der Waals surface area contributed by atoms with E-state index in [0.29, 0.717) is 6.54 Å². The zero-order valence-corrected chi connectivity index (χ0v) is 8.75. The second-order valence-corrected chi connectivity index (χ2v) is 4.36. The maximum Gasteiger partial charge on any atom is 0.123 e. The fourth-order valence-corrected chi connectivity index (χ4v) is 2.44. The maximum atomic E-state index is 12.8. The normalized spacial score (nSPS) is 20.7. The van der Waals surface area contributed by atoms with Gasteiger partial charge in [0.25, 0.3) is 0 Å². The van der Waals surface area contributed by atoms with Crippen LogP contribution in [0.4, 0.5) is 4.39 Å². The highest BCUT2D eigenvalue weighted by Gasteiger charge is 2.43. The zero-order chi connectivity index (χ0) is 10.9. The summed E-state index contributed by atoms with van der Waals surface area (Å²) in [5.41, 5.74) is 12.8. The van der Waals surface area contributed by atoms with E-state index in [1.165, 1.54) is 18.6 Å². The number of hydrogen-bond donors (Lipinski definition) is 2. The minimum absolute atomic E-state index is 0.00243. The smallest absolute Gasteiger partial charge is 0.123 e. The summed E-state index contributed by atoms with van der Waals surface area (Å²) in [6.07, 6.45) is 3.32. The van der Waals surface area contributed by atoms with Crippen molar-refractivity contribution < 1.29 is 4.39 Å². The van der Waals surface area contributed by atoms with Gasteiger partial charge in [-0.05, 0) is 30.5 Å². The van der Waals surface area contributed by atoms with Crippen LogP contribution in [0.25, 0.3) is 0 Å². The Hall–Kier alpha value is -0.930. The van der Waals surface area contributed by atoms with Gasteiger partial charge in [0.2, 0.25) is 0 Å². The second-order valence-electron chi connectivity index (χ2n) is 4.36. The van der Waals surface area contributed by atoms with Gasteiger partial charge in [-0.1, -0.05) is 18.6 Å². The van der Waals surface area contributed by atoms with E-state index in [1.54, 1.807) is 0 Å². The predicted octanol–water partition coefficient (Wildman–Crippen LogP) is 1.53. The van der Waals surface area contributed by atoms with Crippen LogP contribution in [0.1, 0.15) is 24.8 Å². The van der Waals surface area contributed by atoms with Crippen LogP contribution in [-0.2, 0) is 5.41 Å². The lowest BCUT2D eigenvalue weighted by molar-refractivity contribution is 0.198. The molecular weight excluding hydrogens is 191 g/mol. The van der Waals surface area contributed by atoms with E-state index in [1.807, 2.05) is 12.1 Å². The number of hydrogen-bond acceptors (Lipinski definition) is 2. The monoisotopic (exact) mass is 208 g/mol. The van der Waals surface area contributed by atoms with E-state index in [0.717, 1.165) is 18.4 Å². The molecule has 1 aromatic carbocycles. The molecule has 0 heterocycles. The number of nitrogens with two attached hydrogens (primary N) is 2. The van der Waals surface area contributed by atoms with Crippen molar-refractivity contribution in [3.8, 4) is 0 Å². The van der Waals surface area contributed by atoms with Crippen LogP contribution in [0.5, 0.6) is 0 Å². The van der Waals surface area contributed by atoms with Crippen molar-refractivity contribution in [2.24, 2.45) is 11.5 Å². The van der Waals surface area contributed by atoms with Crippen molar-refractivity contribution in [1.82, 2.24) is 0 Å². The summed E-state index contributed by atoms with van der Waals surface area (Å²) in [5, 5.41) is 0. The lowest BCUT2D eigenvalue weighted by atomic mass is 9.60. The minimum atomic E-state index is -0.199. The summed E-state index contributed by atoms with van der Waals surface area (Å²) in [6.45, 7) is 0.484. The van der Waals surface area contributed by atoms with Crippen LogP contribution < -0.4 is 11.5 Å². The molecule has 1 aliphatic rings. The molecule has 3 heteroatoms. The van der Waals surface area contributed by atoms with Gasteiger partial charge < -0.3 is 11.5 Å². The van der Waals surface area contributed by atoms with Gasteiger partial charge in [-0.25, -0.2) is 4.39 Å². The van der Waals surface area contributed by atoms with E-state index < -0.39 is 0 Å². The third-order valence-electron chi connectivity index (χ3n) is 3.63. The van der Waals surface area contributed by atoms with Crippen molar-refractivity contribution in [2.45, 2.75) is 30.7 Å². The van der Waals surface area contributed by atoms with Crippen molar-refractivity contribution in [3.05, 3.63) is 35.6 Å². The molecule has 0 bridgehead atoms. The third-order valence-corrected chi connectivity index (χ3v) is 3.63. The second kappa shape index (κ2) is 3.91. The molecule has 0 radical (unpaired) electrons. The molecule has 2 rings (SSSR count). The molecule has 1 aromatic rings. The minimum Gasteiger partial charge on any atom is -0.329 e. The SMILES string of the molecule is NCC(N)C1(c2ccc(F)cc2)CCC1. The fraction of sp³-hybridized carbons (Fsp3) is 0.500. The summed E-state index contributed by atoms with van der Waals surface area (Å²) >= 11 is 0. The number of halogens is 1. The quantitative estimate of drug-likeness (QED) is 0.791. The largest absolute Gasteiger partial charge is 0.329 e. The topological polar surface area (TPSA) is 52.0 Å². The lowest BCUT2D eigenvalue weighted by Gasteiger charge is -2.46. The van der Waals surface area contributed by atoms with Gasteiger partial charge in [-0.15, -0.1) is 0 Å². The third kappa shape index (κ3) is 1.66. The average Bonchev–Trinajstić information content (AvgIpc) is 2.19. The molecule has 0 aromatic heterocycles. The Labute approximate surface area is 89.5 Å². The first-order valence-electron chi connectivity index (χ1n) is 5.41. The van der Waals surface area contributed by atoms with Crippen molar-refractivity contribution in [1.29, 1.82) is 0 Å². The summed E-state index contributed by atoms with van der Waals surface area (Å²) in [6, 6.07) is 6.65. The van der Waals surface area contributed by atoms with E-state index in [-0.39, 0.29) is 17.3 Å². The molecule has 1 atom stereocenters. The first kappa shape index (κ1) is 10.6. The fourth-order valence-electron chi connectivity index (χ4n) is 2.44. The highest BCUT2D eigenvalue weighted by atomic mass is 19.1. The van der Waals surface area contributed by atoms with Gasteiger partial charge in [-0.3, -0.25) is 0 Å². The van der Waals surface area contributed by atoms with Gasteiger partial charge in [0.1, 0.15) is 5.82 Å². The van der Waals surface area contributed by atoms with Crippen LogP contribution in [0, 0.1) is 5.82 Å². The summed E-state index contributed by atoms with van der Waals surface area (Å²) in [5.74, 6) is -0.199. The Morgan fingerprint density at radius 3 is 2.27 bits per heavy atom. The molecule has 1 unspecified atom stereocenters. The maximum absolute atomic E-state index is 12.8. The molecule has 1 saturated carbocycles. The molecule has 0 spiro atoms. The van der Waals surface area contributed by atoms with Crippen LogP contribution in [0.15, 0.2) is 24.3 Å². The van der Waals surface area contributed by atoms with E-state index in [9.17, 15) is 4.39 Å². The molecular formula is C12H17FN2. The highest BCUT2D eigenvalue weighted by Crippen LogP contribution is 2.45. The lowest BCUT2D eigenvalue weighted by Crippen LogP contribution is -2.53. The summed E-state index contributed by atoms with van der Waals surface area (Å²) in [7, 11) is 0. The Morgan fingerprint density at radius 2 is 1.87 bits per heavy atom. The Morgan fingerprint density at radius 1 is 1.27 bits per heavy atom. The van der Waals surface area contributed by atoms with E-state index in [4.69, 9.17) is 11.5 Å². The van der Waals surface area contributed by atoms with Crippen LogP contribution in [0.2, 0.25) is 0 Å². The number of benzene rings is 1. The molecule has 0 saturated heterocycles. The first-order chi connectivity index (χ1) is 7.19. The van der Waals surface area contributed by atoms with E-state index >= 15 is 0 Å². The zero-order valence-electron chi connectivity index (χ0n) is 8.75. The van der Waals surface area contributed by atoms with Gasteiger partial charge in [-0.2, -0.15) is 0 Å². The van der Waals surface area contributed by atoms with Gasteiger partial charge in [0.05, 0.1) is 0 Å².